The number of carbonyl (C=O) groups excluding carboxylic acids is 3. The molecule has 3 aromatic rings. The second kappa shape index (κ2) is 8.96. The molecule has 0 bridgehead atoms. The fourth-order valence-electron chi connectivity index (χ4n) is 2.58. The number of imide groups is 1. The van der Waals surface area contributed by atoms with Crippen LogP contribution in [0.1, 0.15) is 31.8 Å². The number of hydrogen-bond acceptors (Lipinski definition) is 5. The molecular formula is C21H18N2O4S. The predicted octanol–water partition coefficient (Wildman–Crippen LogP) is 4.09. The molecule has 1 aromatic heterocycles. The van der Waals surface area contributed by atoms with Crippen molar-refractivity contribution >= 4 is 34.2 Å². The Kier molecular flexibility index (Phi) is 6.18. The van der Waals surface area contributed by atoms with Crippen LogP contribution in [0.2, 0.25) is 0 Å². The second-order valence-corrected chi connectivity index (χ2v) is 6.84. The number of benzene rings is 2. The van der Waals surface area contributed by atoms with Gasteiger partial charge in [0.2, 0.25) is 0 Å². The lowest BCUT2D eigenvalue weighted by atomic mass is 10.0. The summed E-state index contributed by atoms with van der Waals surface area (Å²) >= 11 is 1.20. The van der Waals surface area contributed by atoms with Crippen molar-refractivity contribution in [2.45, 2.75) is 6.42 Å². The van der Waals surface area contributed by atoms with Gasteiger partial charge < -0.3 is 10.1 Å². The van der Waals surface area contributed by atoms with E-state index in [0.29, 0.717) is 10.6 Å². The summed E-state index contributed by atoms with van der Waals surface area (Å²) < 4.78 is 4.41. The zero-order chi connectivity index (χ0) is 19.9. The Balaban J connectivity index is 1.66. The van der Waals surface area contributed by atoms with Gasteiger partial charge in [0, 0.05) is 5.56 Å². The lowest BCUT2D eigenvalue weighted by Crippen LogP contribution is -2.30. The van der Waals surface area contributed by atoms with E-state index in [9.17, 15) is 14.4 Å². The lowest BCUT2D eigenvalue weighted by molar-refractivity contribution is 0.0938. The van der Waals surface area contributed by atoms with Crippen molar-refractivity contribution in [3.63, 3.8) is 0 Å². The van der Waals surface area contributed by atoms with Gasteiger partial charge in [-0.3, -0.25) is 14.9 Å². The number of hydrogen-bond donors (Lipinski definition) is 2. The molecule has 0 saturated carbocycles. The van der Waals surface area contributed by atoms with Crippen LogP contribution in [0, 0.1) is 0 Å². The Hall–Kier alpha value is -3.45. The third-order valence-electron chi connectivity index (χ3n) is 4.01. The smallest absolute Gasteiger partial charge is 0.413 e. The number of amides is 3. The summed E-state index contributed by atoms with van der Waals surface area (Å²) in [6.07, 6.45) is -0.0756. The van der Waals surface area contributed by atoms with E-state index in [1.807, 2.05) is 30.3 Å². The molecule has 0 unspecified atom stereocenters. The molecule has 0 aliphatic carbocycles. The number of thiophene rings is 1. The Morgan fingerprint density at radius 1 is 0.893 bits per heavy atom. The fraction of sp³-hybridized carbons (Fsp3) is 0.0952. The van der Waals surface area contributed by atoms with Crippen LogP contribution in [-0.2, 0) is 11.2 Å². The van der Waals surface area contributed by atoms with Crippen molar-refractivity contribution in [1.29, 1.82) is 0 Å². The van der Waals surface area contributed by atoms with Crippen LogP contribution in [0.15, 0.2) is 66.0 Å². The molecule has 0 saturated heterocycles. The SMILES string of the molecule is COC(=O)NC(=O)c1ccsc1NC(=O)c1ccc(Cc2ccccc2)cc1. The number of rotatable bonds is 5. The van der Waals surface area contributed by atoms with Crippen molar-refractivity contribution in [3.8, 4) is 0 Å². The van der Waals surface area contributed by atoms with E-state index in [1.54, 1.807) is 17.5 Å². The molecule has 2 aromatic carbocycles. The van der Waals surface area contributed by atoms with E-state index in [2.05, 4.69) is 27.5 Å². The molecule has 0 radical (unpaired) electrons. The number of alkyl carbamates (subject to hydrolysis) is 1. The minimum absolute atomic E-state index is 0.199. The van der Waals surface area contributed by atoms with Crippen LogP contribution < -0.4 is 10.6 Å². The van der Waals surface area contributed by atoms with Crippen molar-refractivity contribution in [2.75, 3.05) is 12.4 Å². The standard InChI is InChI=1S/C21H18N2O4S/c1-27-21(26)23-19(25)17-11-12-28-20(17)22-18(24)16-9-7-15(8-10-16)13-14-5-3-2-4-6-14/h2-12H,13H2,1H3,(H,22,24)(H,23,25,26). The monoisotopic (exact) mass is 394 g/mol. The molecule has 3 amide bonds. The van der Waals surface area contributed by atoms with Gasteiger partial charge in [-0.2, -0.15) is 0 Å². The highest BCUT2D eigenvalue weighted by atomic mass is 32.1. The maximum atomic E-state index is 12.5. The average molecular weight is 394 g/mol. The highest BCUT2D eigenvalue weighted by molar-refractivity contribution is 7.14. The first-order valence-electron chi connectivity index (χ1n) is 8.48. The maximum Gasteiger partial charge on any atom is 0.413 e. The van der Waals surface area contributed by atoms with Crippen LogP contribution in [-0.4, -0.2) is 25.0 Å². The summed E-state index contributed by atoms with van der Waals surface area (Å²) in [5, 5.41) is 6.80. The topological polar surface area (TPSA) is 84.5 Å². The average Bonchev–Trinajstić information content (AvgIpc) is 3.17. The molecule has 2 N–H and O–H groups in total. The number of methoxy groups -OCH3 is 1. The Bertz CT molecular complexity index is 981. The largest absolute Gasteiger partial charge is 0.453 e. The van der Waals surface area contributed by atoms with Gasteiger partial charge in [-0.05, 0) is 41.1 Å². The summed E-state index contributed by atoms with van der Waals surface area (Å²) in [5.41, 5.74) is 2.96. The summed E-state index contributed by atoms with van der Waals surface area (Å²) in [6.45, 7) is 0. The summed E-state index contributed by atoms with van der Waals surface area (Å²) in [5.74, 6) is -0.970. The second-order valence-electron chi connectivity index (χ2n) is 5.92. The Morgan fingerprint density at radius 3 is 2.25 bits per heavy atom. The number of anilines is 1. The van der Waals surface area contributed by atoms with Gasteiger partial charge >= 0.3 is 6.09 Å². The highest BCUT2D eigenvalue weighted by Crippen LogP contribution is 2.24. The van der Waals surface area contributed by atoms with Crippen molar-refractivity contribution in [3.05, 3.63) is 88.3 Å². The zero-order valence-corrected chi connectivity index (χ0v) is 15.9. The maximum absolute atomic E-state index is 12.5. The van der Waals surface area contributed by atoms with E-state index in [4.69, 9.17) is 0 Å². The van der Waals surface area contributed by atoms with Crippen molar-refractivity contribution < 1.29 is 19.1 Å². The summed E-state index contributed by atoms with van der Waals surface area (Å²) in [4.78, 5) is 35.8. The lowest BCUT2D eigenvalue weighted by Gasteiger charge is -2.07. The van der Waals surface area contributed by atoms with Crippen LogP contribution in [0.5, 0.6) is 0 Å². The number of carbonyl (C=O) groups is 3. The van der Waals surface area contributed by atoms with Crippen molar-refractivity contribution in [1.82, 2.24) is 5.32 Å². The molecule has 1 heterocycles. The minimum atomic E-state index is -0.859. The van der Waals surface area contributed by atoms with Gasteiger partial charge in [-0.1, -0.05) is 42.5 Å². The van der Waals surface area contributed by atoms with Crippen LogP contribution in [0.4, 0.5) is 9.80 Å². The first kappa shape index (κ1) is 19.3. The Labute approximate surface area is 166 Å². The molecule has 6 nitrogen and oxygen atoms in total. The third-order valence-corrected chi connectivity index (χ3v) is 4.83. The van der Waals surface area contributed by atoms with E-state index in [0.717, 1.165) is 12.0 Å². The molecule has 142 valence electrons. The molecule has 0 atom stereocenters. The normalized spacial score (nSPS) is 10.2. The van der Waals surface area contributed by atoms with Crippen LogP contribution in [0.3, 0.4) is 0 Å². The van der Waals surface area contributed by atoms with E-state index in [-0.39, 0.29) is 11.5 Å². The molecule has 0 spiro atoms. The number of ether oxygens (including phenoxy) is 1. The summed E-state index contributed by atoms with van der Waals surface area (Å²) in [6, 6.07) is 18.9. The molecule has 28 heavy (non-hydrogen) atoms. The van der Waals surface area contributed by atoms with E-state index < -0.39 is 12.0 Å². The third kappa shape index (κ3) is 4.83. The molecular weight excluding hydrogens is 376 g/mol. The van der Waals surface area contributed by atoms with Crippen LogP contribution >= 0.6 is 11.3 Å². The highest BCUT2D eigenvalue weighted by Gasteiger charge is 2.18. The molecule has 3 rings (SSSR count). The fourth-order valence-corrected chi connectivity index (χ4v) is 3.36. The van der Waals surface area contributed by atoms with E-state index in [1.165, 1.54) is 30.1 Å². The summed E-state index contributed by atoms with van der Waals surface area (Å²) in [7, 11) is 1.17. The van der Waals surface area contributed by atoms with Crippen LogP contribution in [0.25, 0.3) is 0 Å². The molecule has 0 fully saturated rings. The molecule has 0 aliphatic rings. The molecule has 0 aliphatic heterocycles. The van der Waals surface area contributed by atoms with E-state index >= 15 is 0 Å². The first-order valence-corrected chi connectivity index (χ1v) is 9.36. The first-order chi connectivity index (χ1) is 13.6. The quantitative estimate of drug-likeness (QED) is 0.683. The van der Waals surface area contributed by atoms with Gasteiger partial charge in [0.25, 0.3) is 11.8 Å². The predicted molar refractivity (Wildman–Crippen MR) is 108 cm³/mol. The number of nitrogens with one attached hydrogen (secondary N) is 2. The van der Waals surface area contributed by atoms with Gasteiger partial charge in [0.15, 0.2) is 0 Å². The Morgan fingerprint density at radius 2 is 1.57 bits per heavy atom. The van der Waals surface area contributed by atoms with Crippen molar-refractivity contribution in [2.24, 2.45) is 0 Å². The minimum Gasteiger partial charge on any atom is -0.453 e. The van der Waals surface area contributed by atoms with Gasteiger partial charge in [0.05, 0.1) is 12.7 Å². The zero-order valence-electron chi connectivity index (χ0n) is 15.1. The van der Waals surface area contributed by atoms with Gasteiger partial charge in [0.1, 0.15) is 5.00 Å². The van der Waals surface area contributed by atoms with Gasteiger partial charge in [-0.15, -0.1) is 11.3 Å². The molecule has 7 heteroatoms. The van der Waals surface area contributed by atoms with Gasteiger partial charge in [-0.25, -0.2) is 4.79 Å².